The largest absolute Gasteiger partial charge is 0.508 e. The smallest absolute Gasteiger partial charge is 0.117 e. The van der Waals surface area contributed by atoms with Crippen molar-refractivity contribution in [2.75, 3.05) is 0 Å². The first-order chi connectivity index (χ1) is 6.34. The van der Waals surface area contributed by atoms with Gasteiger partial charge in [-0.2, -0.15) is 0 Å². The van der Waals surface area contributed by atoms with E-state index in [1.54, 1.807) is 12.1 Å². The maximum atomic E-state index is 9.29. The maximum Gasteiger partial charge on any atom is 0.117 e. The van der Waals surface area contributed by atoms with Crippen LogP contribution in [0, 0.1) is 0 Å². The highest BCUT2D eigenvalue weighted by molar-refractivity contribution is 5.86. The van der Waals surface area contributed by atoms with Crippen LogP contribution in [-0.4, -0.2) is 10.1 Å². The van der Waals surface area contributed by atoms with Gasteiger partial charge in [-0.3, -0.25) is 0 Å². The Hall–Kier alpha value is -1.48. The van der Waals surface area contributed by atoms with Gasteiger partial charge in [-0.1, -0.05) is 0 Å². The molecule has 1 aliphatic rings. The van der Waals surface area contributed by atoms with Gasteiger partial charge in [0.2, 0.25) is 0 Å². The fourth-order valence-corrected chi connectivity index (χ4v) is 1.96. The summed E-state index contributed by atoms with van der Waals surface area (Å²) in [5, 5.41) is 13.8. The van der Waals surface area contributed by atoms with E-state index in [4.69, 9.17) is 0 Å². The molecule has 0 spiro atoms. The first-order valence-corrected chi connectivity index (χ1v) is 4.38. The van der Waals surface area contributed by atoms with Gasteiger partial charge in [-0.05, 0) is 17.7 Å². The Balaban J connectivity index is 2.38. The summed E-state index contributed by atoms with van der Waals surface area (Å²) < 4.78 is 0. The highest BCUT2D eigenvalue weighted by atomic mass is 16.3. The van der Waals surface area contributed by atoms with Gasteiger partial charge in [0.1, 0.15) is 5.75 Å². The molecule has 0 atom stereocenters. The Labute approximate surface area is 75.4 Å². The Bertz CT molecular complexity index is 473. The van der Waals surface area contributed by atoms with Crippen LogP contribution in [0.15, 0.2) is 18.2 Å². The second kappa shape index (κ2) is 2.26. The van der Waals surface area contributed by atoms with E-state index >= 15 is 0 Å². The van der Waals surface area contributed by atoms with E-state index in [1.807, 2.05) is 6.07 Å². The average Bonchev–Trinajstić information content (AvgIpc) is 2.62. The number of phenols is 1. The predicted molar refractivity (Wildman–Crippen MR) is 50.5 cm³/mol. The van der Waals surface area contributed by atoms with E-state index < -0.39 is 0 Å². The number of fused-ring (bicyclic) bond motifs is 3. The van der Waals surface area contributed by atoms with Crippen LogP contribution in [-0.2, 0) is 13.1 Å². The number of rotatable bonds is 0. The van der Waals surface area contributed by atoms with Gasteiger partial charge in [0.25, 0.3) is 0 Å². The lowest BCUT2D eigenvalue weighted by Crippen LogP contribution is -2.01. The summed E-state index contributed by atoms with van der Waals surface area (Å²) in [6, 6.07) is 5.47. The number of aromatic amines is 1. The van der Waals surface area contributed by atoms with Gasteiger partial charge in [-0.15, -0.1) is 0 Å². The third-order valence-electron chi connectivity index (χ3n) is 2.58. The van der Waals surface area contributed by atoms with Crippen LogP contribution in [0.1, 0.15) is 11.3 Å². The van der Waals surface area contributed by atoms with Gasteiger partial charge in [0.05, 0.1) is 0 Å². The van der Waals surface area contributed by atoms with Crippen molar-refractivity contribution < 1.29 is 5.11 Å². The summed E-state index contributed by atoms with van der Waals surface area (Å²) in [6.07, 6.45) is 0. The minimum atomic E-state index is 0.320. The lowest BCUT2D eigenvalue weighted by molar-refractivity contribution is 0.476. The summed E-state index contributed by atoms with van der Waals surface area (Å²) in [5.41, 5.74) is 3.63. The van der Waals surface area contributed by atoms with Crippen LogP contribution >= 0.6 is 0 Å². The molecule has 0 aliphatic carbocycles. The third-order valence-corrected chi connectivity index (χ3v) is 2.58. The third kappa shape index (κ3) is 0.876. The van der Waals surface area contributed by atoms with E-state index in [0.29, 0.717) is 5.75 Å². The summed E-state index contributed by atoms with van der Waals surface area (Å²) in [6.45, 7) is 1.84. The number of H-pyrrole nitrogens is 1. The van der Waals surface area contributed by atoms with E-state index in [2.05, 4.69) is 10.3 Å². The topological polar surface area (TPSA) is 48.0 Å². The van der Waals surface area contributed by atoms with Gasteiger partial charge in [0, 0.05) is 35.8 Å². The van der Waals surface area contributed by atoms with Crippen molar-refractivity contribution in [2.45, 2.75) is 13.1 Å². The maximum absolute atomic E-state index is 9.29. The molecule has 66 valence electrons. The van der Waals surface area contributed by atoms with Crippen LogP contribution in [0.2, 0.25) is 0 Å². The average molecular weight is 174 g/mol. The lowest BCUT2D eigenvalue weighted by Gasteiger charge is -1.95. The van der Waals surface area contributed by atoms with Crippen LogP contribution in [0.5, 0.6) is 5.75 Å². The molecule has 13 heavy (non-hydrogen) atoms. The van der Waals surface area contributed by atoms with Crippen molar-refractivity contribution >= 4 is 10.9 Å². The Kier molecular flexibility index (Phi) is 1.21. The molecule has 3 heteroatoms. The van der Waals surface area contributed by atoms with Crippen molar-refractivity contribution in [2.24, 2.45) is 0 Å². The van der Waals surface area contributed by atoms with Crippen LogP contribution in [0.3, 0.4) is 0 Å². The van der Waals surface area contributed by atoms with Gasteiger partial charge < -0.3 is 15.4 Å². The molecule has 0 unspecified atom stereocenters. The minimum absolute atomic E-state index is 0.320. The van der Waals surface area contributed by atoms with Gasteiger partial charge in [0.15, 0.2) is 0 Å². The second-order valence-corrected chi connectivity index (χ2v) is 3.42. The highest BCUT2D eigenvalue weighted by Gasteiger charge is 2.15. The number of aromatic hydroxyl groups is 1. The zero-order chi connectivity index (χ0) is 8.84. The Morgan fingerprint density at radius 3 is 3.08 bits per heavy atom. The van der Waals surface area contributed by atoms with Crippen molar-refractivity contribution in [1.82, 2.24) is 10.3 Å². The molecular formula is C10H10N2O. The number of phenolic OH excluding ortho intramolecular Hbond substituents is 1. The van der Waals surface area contributed by atoms with Gasteiger partial charge >= 0.3 is 0 Å². The fourth-order valence-electron chi connectivity index (χ4n) is 1.96. The molecule has 0 bridgehead atoms. The zero-order valence-corrected chi connectivity index (χ0v) is 7.09. The standard InChI is InChI=1S/C10H10N2O/c13-6-1-2-7-8-4-11-5-10(8)12-9(7)3-6/h1-3,11-13H,4-5H2. The molecule has 1 aromatic carbocycles. The molecule has 2 heterocycles. The number of hydrogen-bond acceptors (Lipinski definition) is 2. The number of nitrogens with one attached hydrogen (secondary N) is 2. The molecular weight excluding hydrogens is 164 g/mol. The molecule has 0 fully saturated rings. The van der Waals surface area contributed by atoms with Crippen molar-refractivity contribution in [1.29, 1.82) is 0 Å². The molecule has 0 saturated heterocycles. The molecule has 1 aliphatic heterocycles. The molecule has 2 aromatic rings. The minimum Gasteiger partial charge on any atom is -0.508 e. The SMILES string of the molecule is Oc1ccc2c3c([nH]c2c1)CNC3. The summed E-state index contributed by atoms with van der Waals surface area (Å²) in [5.74, 6) is 0.320. The first kappa shape index (κ1) is 6.97. The van der Waals surface area contributed by atoms with Crippen LogP contribution in [0.25, 0.3) is 10.9 Å². The predicted octanol–water partition coefficient (Wildman–Crippen LogP) is 1.48. The summed E-state index contributed by atoms with van der Waals surface area (Å²) >= 11 is 0. The van der Waals surface area contributed by atoms with E-state index in [1.165, 1.54) is 16.6 Å². The van der Waals surface area contributed by atoms with E-state index in [-0.39, 0.29) is 0 Å². The summed E-state index contributed by atoms with van der Waals surface area (Å²) in [7, 11) is 0. The number of aromatic nitrogens is 1. The van der Waals surface area contributed by atoms with Crippen molar-refractivity contribution in [3.8, 4) is 5.75 Å². The lowest BCUT2D eigenvalue weighted by atomic mass is 10.1. The molecule has 0 saturated carbocycles. The molecule has 1 aromatic heterocycles. The quantitative estimate of drug-likeness (QED) is 0.566. The highest BCUT2D eigenvalue weighted by Crippen LogP contribution is 2.27. The van der Waals surface area contributed by atoms with E-state index in [9.17, 15) is 5.11 Å². The second-order valence-electron chi connectivity index (χ2n) is 3.42. The molecule has 0 amide bonds. The molecule has 3 rings (SSSR count). The fraction of sp³-hybridized carbons (Fsp3) is 0.200. The molecule has 3 nitrogen and oxygen atoms in total. The van der Waals surface area contributed by atoms with Crippen molar-refractivity contribution in [3.63, 3.8) is 0 Å². The molecule has 3 N–H and O–H groups in total. The van der Waals surface area contributed by atoms with Crippen molar-refractivity contribution in [3.05, 3.63) is 29.5 Å². The van der Waals surface area contributed by atoms with Crippen LogP contribution in [0.4, 0.5) is 0 Å². The van der Waals surface area contributed by atoms with E-state index in [0.717, 1.165) is 18.6 Å². The number of benzene rings is 1. The van der Waals surface area contributed by atoms with Crippen LogP contribution < -0.4 is 5.32 Å². The first-order valence-electron chi connectivity index (χ1n) is 4.38. The summed E-state index contributed by atoms with van der Waals surface area (Å²) in [4.78, 5) is 3.29. The number of hydrogen-bond donors (Lipinski definition) is 3. The normalized spacial score (nSPS) is 15.1. The van der Waals surface area contributed by atoms with Gasteiger partial charge in [-0.25, -0.2) is 0 Å². The zero-order valence-electron chi connectivity index (χ0n) is 7.09. The Morgan fingerprint density at radius 1 is 1.23 bits per heavy atom. The monoisotopic (exact) mass is 174 g/mol. The molecule has 0 radical (unpaired) electrons. The Morgan fingerprint density at radius 2 is 2.15 bits per heavy atom.